The molecule has 2 saturated heterocycles. The van der Waals surface area contributed by atoms with Gasteiger partial charge in [-0.15, -0.1) is 0 Å². The van der Waals surface area contributed by atoms with Crippen molar-refractivity contribution < 1.29 is 23.5 Å². The lowest BCUT2D eigenvalue weighted by Gasteiger charge is -2.55. The third kappa shape index (κ3) is 3.29. The van der Waals surface area contributed by atoms with E-state index in [1.807, 2.05) is 30.3 Å². The fraction of sp³-hybridized carbons (Fsp3) is 0.458. The van der Waals surface area contributed by atoms with Crippen LogP contribution in [0.15, 0.2) is 41.3 Å². The van der Waals surface area contributed by atoms with Crippen molar-refractivity contribution in [1.82, 2.24) is 9.47 Å². The molecule has 4 atom stereocenters. The van der Waals surface area contributed by atoms with Crippen LogP contribution in [0.4, 0.5) is 4.39 Å². The van der Waals surface area contributed by atoms with Gasteiger partial charge in [-0.1, -0.05) is 30.3 Å². The molecule has 7 nitrogen and oxygen atoms in total. The number of rotatable bonds is 5. The highest BCUT2D eigenvalue weighted by atomic mass is 19.1. The molecule has 1 aliphatic carbocycles. The highest BCUT2D eigenvalue weighted by Crippen LogP contribution is 2.44. The number of ether oxygens (including phenoxy) is 2. The monoisotopic (exact) mass is 440 g/mol. The van der Waals surface area contributed by atoms with Crippen molar-refractivity contribution in [3.63, 3.8) is 0 Å². The summed E-state index contributed by atoms with van der Waals surface area (Å²) in [5, 5.41) is 0. The van der Waals surface area contributed by atoms with Crippen LogP contribution in [0.2, 0.25) is 0 Å². The summed E-state index contributed by atoms with van der Waals surface area (Å²) in [4.78, 5) is 40.9. The summed E-state index contributed by atoms with van der Waals surface area (Å²) >= 11 is 0. The first-order valence-electron chi connectivity index (χ1n) is 11.1. The summed E-state index contributed by atoms with van der Waals surface area (Å²) in [5.41, 5.74) is 0.0461. The Kier molecular flexibility index (Phi) is 5.23. The summed E-state index contributed by atoms with van der Waals surface area (Å²) in [6.07, 6.45) is 2.28. The zero-order chi connectivity index (χ0) is 22.4. The second-order valence-corrected chi connectivity index (χ2v) is 8.63. The lowest BCUT2D eigenvalue weighted by atomic mass is 9.72. The van der Waals surface area contributed by atoms with E-state index in [1.54, 1.807) is 16.4 Å². The van der Waals surface area contributed by atoms with E-state index < -0.39 is 29.5 Å². The van der Waals surface area contributed by atoms with Crippen LogP contribution in [0.3, 0.4) is 0 Å². The second-order valence-electron chi connectivity index (χ2n) is 8.63. The maximum absolute atomic E-state index is 14.6. The van der Waals surface area contributed by atoms with Crippen LogP contribution in [-0.4, -0.2) is 46.2 Å². The molecule has 6 rings (SSSR count). The lowest BCUT2D eigenvalue weighted by molar-refractivity contribution is -0.0565. The van der Waals surface area contributed by atoms with Gasteiger partial charge < -0.3 is 18.9 Å². The number of carbonyl (C=O) groups excluding carboxylic acids is 2. The predicted octanol–water partition coefficient (Wildman–Crippen LogP) is 2.95. The molecular weight excluding hydrogens is 415 g/mol. The molecule has 2 bridgehead atoms. The quantitative estimate of drug-likeness (QED) is 0.668. The molecule has 1 amide bonds. The number of amides is 1. The average molecular weight is 440 g/mol. The highest BCUT2D eigenvalue weighted by Gasteiger charge is 2.52. The number of benzene rings is 1. The number of piperidine rings is 2. The molecule has 32 heavy (non-hydrogen) atoms. The molecule has 1 aromatic carbocycles. The summed E-state index contributed by atoms with van der Waals surface area (Å²) in [7, 11) is 0. The van der Waals surface area contributed by atoms with Crippen LogP contribution >= 0.6 is 0 Å². The molecule has 8 heteroatoms. The first-order chi connectivity index (χ1) is 15.5. The Hall–Kier alpha value is -3.16. The van der Waals surface area contributed by atoms with Crippen LogP contribution in [-0.2, 0) is 17.9 Å². The van der Waals surface area contributed by atoms with Gasteiger partial charge in [0, 0.05) is 12.7 Å². The van der Waals surface area contributed by atoms with Crippen LogP contribution in [0.25, 0.3) is 0 Å². The number of halogens is 1. The maximum Gasteiger partial charge on any atom is 0.343 e. The predicted molar refractivity (Wildman–Crippen MR) is 113 cm³/mol. The molecule has 3 fully saturated rings. The largest absolute Gasteiger partial charge is 0.483 e. The van der Waals surface area contributed by atoms with E-state index in [-0.39, 0.29) is 42.2 Å². The standard InChI is InChI=1S/C24H25FN2O5/c1-2-31-24(30)16-11-26-12-19-15-8-9-18(17(25)10-15)27(19)23(29)20(26)22(21(16)28)32-13-14-6-4-3-5-7-14/h3-7,11,15,17-19H,2,8-10,12-13H2,1H3/t15-,17+,18+,19-/m0/s1. The van der Waals surface area contributed by atoms with Gasteiger partial charge in [0.2, 0.25) is 5.43 Å². The molecule has 4 aliphatic rings. The first-order valence-corrected chi connectivity index (χ1v) is 11.1. The molecule has 2 aromatic rings. The Bertz CT molecular complexity index is 1120. The normalized spacial score (nSPS) is 25.8. The number of aromatic nitrogens is 1. The highest BCUT2D eigenvalue weighted by molar-refractivity contribution is 5.98. The van der Waals surface area contributed by atoms with Gasteiger partial charge in [-0.2, -0.15) is 0 Å². The Morgan fingerprint density at radius 1 is 1.16 bits per heavy atom. The molecule has 3 aliphatic heterocycles. The number of pyridine rings is 1. The number of fused-ring (bicyclic) bond motifs is 3. The molecule has 168 valence electrons. The molecule has 4 heterocycles. The van der Waals surface area contributed by atoms with Crippen LogP contribution in [0.1, 0.15) is 52.6 Å². The third-order valence-electron chi connectivity index (χ3n) is 6.82. The van der Waals surface area contributed by atoms with Crippen molar-refractivity contribution in [2.45, 2.75) is 57.6 Å². The van der Waals surface area contributed by atoms with Crippen molar-refractivity contribution in [3.05, 3.63) is 63.6 Å². The Morgan fingerprint density at radius 2 is 1.94 bits per heavy atom. The molecule has 0 radical (unpaired) electrons. The minimum atomic E-state index is -1.06. The van der Waals surface area contributed by atoms with E-state index in [0.29, 0.717) is 19.4 Å². The zero-order valence-corrected chi connectivity index (χ0v) is 17.8. The summed E-state index contributed by atoms with van der Waals surface area (Å²) in [5.74, 6) is -1.28. The van der Waals surface area contributed by atoms with Crippen molar-refractivity contribution in [1.29, 1.82) is 0 Å². The van der Waals surface area contributed by atoms with E-state index >= 15 is 0 Å². The lowest BCUT2D eigenvalue weighted by Crippen LogP contribution is -2.65. The number of hydrogen-bond donors (Lipinski definition) is 0. The van der Waals surface area contributed by atoms with Crippen molar-refractivity contribution in [2.24, 2.45) is 5.92 Å². The molecular formula is C24H25FN2O5. The van der Waals surface area contributed by atoms with Crippen LogP contribution in [0, 0.1) is 5.92 Å². The second kappa shape index (κ2) is 8.07. The van der Waals surface area contributed by atoms with Gasteiger partial charge in [-0.05, 0) is 37.7 Å². The number of carbonyl (C=O) groups is 2. The fourth-order valence-corrected chi connectivity index (χ4v) is 5.35. The first kappa shape index (κ1) is 20.7. The Labute approximate surface area is 184 Å². The van der Waals surface area contributed by atoms with Gasteiger partial charge >= 0.3 is 5.97 Å². The molecule has 0 unspecified atom stereocenters. The van der Waals surface area contributed by atoms with Crippen molar-refractivity contribution in [3.8, 4) is 5.75 Å². The van der Waals surface area contributed by atoms with E-state index in [2.05, 4.69) is 0 Å². The number of alkyl halides is 1. The Morgan fingerprint density at radius 3 is 2.66 bits per heavy atom. The van der Waals surface area contributed by atoms with Gasteiger partial charge in [0.15, 0.2) is 11.4 Å². The van der Waals surface area contributed by atoms with Gasteiger partial charge in [0.05, 0.1) is 18.7 Å². The number of esters is 1. The van der Waals surface area contributed by atoms with Crippen LogP contribution < -0.4 is 10.2 Å². The van der Waals surface area contributed by atoms with E-state index in [0.717, 1.165) is 12.0 Å². The summed E-state index contributed by atoms with van der Waals surface area (Å²) < 4.78 is 27.2. The third-order valence-corrected chi connectivity index (χ3v) is 6.82. The molecule has 1 aromatic heterocycles. The molecule has 1 saturated carbocycles. The number of nitrogens with zero attached hydrogens (tertiary/aromatic N) is 2. The fourth-order valence-electron chi connectivity index (χ4n) is 5.35. The maximum atomic E-state index is 14.6. The average Bonchev–Trinajstić information content (AvgIpc) is 2.79. The van der Waals surface area contributed by atoms with E-state index in [1.165, 1.54) is 6.20 Å². The van der Waals surface area contributed by atoms with Gasteiger partial charge in [-0.3, -0.25) is 9.59 Å². The Balaban J connectivity index is 1.60. The molecule has 0 N–H and O–H groups in total. The van der Waals surface area contributed by atoms with E-state index in [4.69, 9.17) is 9.47 Å². The van der Waals surface area contributed by atoms with Crippen LogP contribution in [0.5, 0.6) is 5.75 Å². The minimum absolute atomic E-state index is 0.0594. The van der Waals surface area contributed by atoms with Gasteiger partial charge in [0.25, 0.3) is 5.91 Å². The summed E-state index contributed by atoms with van der Waals surface area (Å²) in [6, 6.07) is 8.61. The topological polar surface area (TPSA) is 77.8 Å². The summed E-state index contributed by atoms with van der Waals surface area (Å²) in [6.45, 7) is 2.23. The van der Waals surface area contributed by atoms with Gasteiger partial charge in [0.1, 0.15) is 18.3 Å². The van der Waals surface area contributed by atoms with E-state index in [9.17, 15) is 18.8 Å². The number of hydrogen-bond acceptors (Lipinski definition) is 5. The zero-order valence-electron chi connectivity index (χ0n) is 17.8. The van der Waals surface area contributed by atoms with Crippen molar-refractivity contribution >= 4 is 11.9 Å². The molecule has 0 spiro atoms. The minimum Gasteiger partial charge on any atom is -0.483 e. The smallest absolute Gasteiger partial charge is 0.343 e. The van der Waals surface area contributed by atoms with Crippen molar-refractivity contribution in [2.75, 3.05) is 6.61 Å². The SMILES string of the molecule is CCOC(=O)c1cn2c(c(OCc3ccccc3)c1=O)C(=O)N1[C@@H]3CC[C@@H](C[C@H]3F)[C@@H]1C2. The van der Waals surface area contributed by atoms with Gasteiger partial charge in [-0.25, -0.2) is 9.18 Å².